The standard InChI is InChI=1S/C16H18ClN5/c1-10(2)14-20-15(18-3)13-16(21-14)22(9-19-13)8-11-5-4-6-12(17)7-11/h4-7,9-10H,8H2,1-3H3,(H,18,20,21). The number of imidazole rings is 1. The van der Waals surface area contributed by atoms with Gasteiger partial charge < -0.3 is 9.88 Å². The normalized spacial score (nSPS) is 11.3. The Kier molecular flexibility index (Phi) is 3.98. The lowest BCUT2D eigenvalue weighted by Gasteiger charge is -2.09. The zero-order valence-electron chi connectivity index (χ0n) is 12.8. The van der Waals surface area contributed by atoms with E-state index in [1.165, 1.54) is 0 Å². The Morgan fingerprint density at radius 2 is 2.09 bits per heavy atom. The molecule has 0 amide bonds. The third-order valence-corrected chi connectivity index (χ3v) is 3.71. The lowest BCUT2D eigenvalue weighted by molar-refractivity contribution is 0.764. The fourth-order valence-electron chi connectivity index (χ4n) is 2.34. The molecule has 3 aromatic rings. The first kappa shape index (κ1) is 14.8. The van der Waals surface area contributed by atoms with E-state index < -0.39 is 0 Å². The zero-order valence-corrected chi connectivity index (χ0v) is 13.6. The number of hydrogen-bond acceptors (Lipinski definition) is 4. The van der Waals surface area contributed by atoms with Crippen molar-refractivity contribution < 1.29 is 0 Å². The summed E-state index contributed by atoms with van der Waals surface area (Å²) in [4.78, 5) is 13.7. The van der Waals surface area contributed by atoms with Gasteiger partial charge in [0.15, 0.2) is 11.5 Å². The van der Waals surface area contributed by atoms with Crippen LogP contribution in [0, 0.1) is 0 Å². The maximum absolute atomic E-state index is 6.06. The number of rotatable bonds is 4. The molecule has 0 aliphatic heterocycles. The molecule has 2 heterocycles. The summed E-state index contributed by atoms with van der Waals surface area (Å²) in [5.41, 5.74) is 2.74. The van der Waals surface area contributed by atoms with E-state index in [4.69, 9.17) is 11.6 Å². The molecular weight excluding hydrogens is 298 g/mol. The van der Waals surface area contributed by atoms with Gasteiger partial charge in [-0.25, -0.2) is 15.0 Å². The number of aromatic nitrogens is 4. The van der Waals surface area contributed by atoms with Crippen molar-refractivity contribution in [2.24, 2.45) is 0 Å². The van der Waals surface area contributed by atoms with Crippen molar-refractivity contribution in [1.82, 2.24) is 19.5 Å². The first-order valence-corrected chi connectivity index (χ1v) is 7.61. The second kappa shape index (κ2) is 5.93. The quantitative estimate of drug-likeness (QED) is 0.797. The summed E-state index contributed by atoms with van der Waals surface area (Å²) in [7, 11) is 1.85. The first-order chi connectivity index (χ1) is 10.6. The third-order valence-electron chi connectivity index (χ3n) is 3.48. The van der Waals surface area contributed by atoms with E-state index in [-0.39, 0.29) is 5.92 Å². The Hall–Kier alpha value is -2.14. The number of hydrogen-bond donors (Lipinski definition) is 1. The number of nitrogens with zero attached hydrogens (tertiary/aromatic N) is 4. The molecule has 2 aromatic heterocycles. The van der Waals surface area contributed by atoms with E-state index >= 15 is 0 Å². The molecule has 114 valence electrons. The van der Waals surface area contributed by atoms with Crippen molar-refractivity contribution in [3.8, 4) is 0 Å². The van der Waals surface area contributed by atoms with Gasteiger partial charge in [0, 0.05) is 18.0 Å². The lowest BCUT2D eigenvalue weighted by Crippen LogP contribution is -2.06. The lowest BCUT2D eigenvalue weighted by atomic mass is 10.2. The Morgan fingerprint density at radius 1 is 1.27 bits per heavy atom. The van der Waals surface area contributed by atoms with Crippen LogP contribution >= 0.6 is 11.6 Å². The van der Waals surface area contributed by atoms with Gasteiger partial charge in [-0.1, -0.05) is 37.6 Å². The van der Waals surface area contributed by atoms with E-state index in [1.807, 2.05) is 35.9 Å². The molecule has 0 aliphatic rings. The Labute approximate surface area is 134 Å². The summed E-state index contributed by atoms with van der Waals surface area (Å²) in [5.74, 6) is 1.83. The van der Waals surface area contributed by atoms with Gasteiger partial charge >= 0.3 is 0 Å². The number of nitrogens with one attached hydrogen (secondary N) is 1. The van der Waals surface area contributed by atoms with Crippen LogP contribution in [0.5, 0.6) is 0 Å². The van der Waals surface area contributed by atoms with Crippen LogP contribution in [0.15, 0.2) is 30.6 Å². The fraction of sp³-hybridized carbons (Fsp3) is 0.312. The van der Waals surface area contributed by atoms with Crippen molar-refractivity contribution in [2.75, 3.05) is 12.4 Å². The van der Waals surface area contributed by atoms with Crippen LogP contribution in [0.4, 0.5) is 5.82 Å². The van der Waals surface area contributed by atoms with E-state index in [2.05, 4.69) is 34.1 Å². The highest BCUT2D eigenvalue weighted by Gasteiger charge is 2.14. The van der Waals surface area contributed by atoms with Gasteiger partial charge in [-0.05, 0) is 17.7 Å². The highest BCUT2D eigenvalue weighted by Crippen LogP contribution is 2.22. The smallest absolute Gasteiger partial charge is 0.166 e. The summed E-state index contributed by atoms with van der Waals surface area (Å²) in [5, 5.41) is 3.84. The molecule has 0 unspecified atom stereocenters. The minimum absolute atomic E-state index is 0.256. The summed E-state index contributed by atoms with van der Waals surface area (Å²) >= 11 is 6.06. The minimum Gasteiger partial charge on any atom is -0.371 e. The van der Waals surface area contributed by atoms with Gasteiger partial charge in [-0.3, -0.25) is 0 Å². The first-order valence-electron chi connectivity index (χ1n) is 7.23. The molecule has 0 bridgehead atoms. The molecular formula is C16H18ClN5. The monoisotopic (exact) mass is 315 g/mol. The number of halogens is 1. The van der Waals surface area contributed by atoms with Gasteiger partial charge in [0.25, 0.3) is 0 Å². The van der Waals surface area contributed by atoms with Crippen molar-refractivity contribution in [2.45, 2.75) is 26.3 Å². The molecule has 0 radical (unpaired) electrons. The molecule has 0 atom stereocenters. The second-order valence-corrected chi connectivity index (χ2v) is 5.95. The summed E-state index contributed by atoms with van der Waals surface area (Å²) in [6, 6.07) is 7.82. The largest absolute Gasteiger partial charge is 0.371 e. The van der Waals surface area contributed by atoms with Crippen LogP contribution in [-0.2, 0) is 6.54 Å². The van der Waals surface area contributed by atoms with Crippen molar-refractivity contribution in [1.29, 1.82) is 0 Å². The fourth-order valence-corrected chi connectivity index (χ4v) is 2.55. The number of anilines is 1. The van der Waals surface area contributed by atoms with E-state index in [1.54, 1.807) is 6.33 Å². The van der Waals surface area contributed by atoms with Gasteiger partial charge in [0.1, 0.15) is 11.3 Å². The third kappa shape index (κ3) is 2.76. The zero-order chi connectivity index (χ0) is 15.7. The topological polar surface area (TPSA) is 55.6 Å². The molecule has 0 fully saturated rings. The maximum atomic E-state index is 6.06. The van der Waals surface area contributed by atoms with Crippen LogP contribution in [0.25, 0.3) is 11.2 Å². The van der Waals surface area contributed by atoms with Gasteiger partial charge in [-0.2, -0.15) is 0 Å². The predicted molar refractivity (Wildman–Crippen MR) is 89.5 cm³/mol. The Balaban J connectivity index is 2.08. The molecule has 1 aromatic carbocycles. The summed E-state index contributed by atoms with van der Waals surface area (Å²) < 4.78 is 2.02. The average Bonchev–Trinajstić information content (AvgIpc) is 2.89. The van der Waals surface area contributed by atoms with Crippen LogP contribution in [0.2, 0.25) is 5.02 Å². The second-order valence-electron chi connectivity index (χ2n) is 5.51. The predicted octanol–water partition coefficient (Wildman–Crippen LogP) is 3.69. The minimum atomic E-state index is 0.256. The van der Waals surface area contributed by atoms with Gasteiger partial charge in [0.05, 0.1) is 12.9 Å². The highest BCUT2D eigenvalue weighted by atomic mass is 35.5. The van der Waals surface area contributed by atoms with Gasteiger partial charge in [0.2, 0.25) is 0 Å². The molecule has 0 aliphatic carbocycles. The molecule has 5 nitrogen and oxygen atoms in total. The van der Waals surface area contributed by atoms with Crippen molar-refractivity contribution >= 4 is 28.6 Å². The van der Waals surface area contributed by atoms with Crippen LogP contribution in [-0.4, -0.2) is 26.6 Å². The van der Waals surface area contributed by atoms with Crippen LogP contribution in [0.3, 0.4) is 0 Å². The van der Waals surface area contributed by atoms with E-state index in [0.29, 0.717) is 6.54 Å². The van der Waals surface area contributed by atoms with Crippen LogP contribution < -0.4 is 5.32 Å². The Morgan fingerprint density at radius 3 is 2.77 bits per heavy atom. The maximum Gasteiger partial charge on any atom is 0.166 e. The molecule has 3 rings (SSSR count). The highest BCUT2D eigenvalue weighted by molar-refractivity contribution is 6.30. The van der Waals surface area contributed by atoms with Gasteiger partial charge in [-0.15, -0.1) is 0 Å². The Bertz CT molecular complexity index is 809. The molecule has 22 heavy (non-hydrogen) atoms. The SMILES string of the molecule is CNc1nc(C(C)C)nc2c1ncn2Cc1cccc(Cl)c1. The molecule has 0 saturated heterocycles. The molecule has 1 N–H and O–H groups in total. The summed E-state index contributed by atoms with van der Waals surface area (Å²) in [6.07, 6.45) is 1.80. The molecule has 6 heteroatoms. The van der Waals surface area contributed by atoms with E-state index in [0.717, 1.165) is 33.4 Å². The number of benzene rings is 1. The summed E-state index contributed by atoms with van der Waals surface area (Å²) in [6.45, 7) is 4.84. The molecule has 0 spiro atoms. The van der Waals surface area contributed by atoms with Crippen LogP contribution in [0.1, 0.15) is 31.2 Å². The van der Waals surface area contributed by atoms with Crippen molar-refractivity contribution in [3.05, 3.63) is 47.0 Å². The average molecular weight is 316 g/mol. The molecule has 0 saturated carbocycles. The number of fused-ring (bicyclic) bond motifs is 1. The van der Waals surface area contributed by atoms with E-state index in [9.17, 15) is 0 Å². The van der Waals surface area contributed by atoms with Crippen molar-refractivity contribution in [3.63, 3.8) is 0 Å².